The smallest absolute Gasteiger partial charge is 0.407 e. The molecule has 0 saturated heterocycles. The highest BCUT2D eigenvalue weighted by atomic mass is 16.5. The summed E-state index contributed by atoms with van der Waals surface area (Å²) in [7, 11) is 0. The standard InChI is InChI=1S/C17H17N3O2/c1-12-19-15-8-7-14(9-16(15)20-12)10-18-17(21)22-11-13-5-3-2-4-6-13/h2-9H,10-11H2,1H3,(H,18,21)(H,19,20). The Hall–Kier alpha value is -2.82. The highest BCUT2D eigenvalue weighted by molar-refractivity contribution is 5.76. The van der Waals surface area contributed by atoms with Gasteiger partial charge in [-0.3, -0.25) is 0 Å². The summed E-state index contributed by atoms with van der Waals surface area (Å²) < 4.78 is 5.17. The molecule has 1 aromatic heterocycles. The van der Waals surface area contributed by atoms with Crippen LogP contribution in [0.1, 0.15) is 17.0 Å². The number of imidazole rings is 1. The van der Waals surface area contributed by atoms with Crippen molar-refractivity contribution in [3.63, 3.8) is 0 Å². The number of alkyl carbamates (subject to hydrolysis) is 1. The van der Waals surface area contributed by atoms with E-state index >= 15 is 0 Å². The van der Waals surface area contributed by atoms with E-state index in [-0.39, 0.29) is 6.61 Å². The number of nitrogens with one attached hydrogen (secondary N) is 2. The van der Waals surface area contributed by atoms with Crippen molar-refractivity contribution in [2.75, 3.05) is 0 Å². The van der Waals surface area contributed by atoms with Crippen molar-refractivity contribution in [3.8, 4) is 0 Å². The van der Waals surface area contributed by atoms with E-state index in [4.69, 9.17) is 4.74 Å². The van der Waals surface area contributed by atoms with Gasteiger partial charge in [0, 0.05) is 6.54 Å². The number of carbonyl (C=O) groups excluding carboxylic acids is 1. The van der Waals surface area contributed by atoms with Gasteiger partial charge in [-0.2, -0.15) is 0 Å². The monoisotopic (exact) mass is 295 g/mol. The lowest BCUT2D eigenvalue weighted by atomic mass is 10.2. The van der Waals surface area contributed by atoms with E-state index in [0.29, 0.717) is 6.54 Å². The molecule has 0 aliphatic rings. The Morgan fingerprint density at radius 2 is 2.00 bits per heavy atom. The molecule has 1 heterocycles. The molecule has 0 aliphatic heterocycles. The number of hydrogen-bond donors (Lipinski definition) is 2. The van der Waals surface area contributed by atoms with Crippen LogP contribution in [-0.4, -0.2) is 16.1 Å². The van der Waals surface area contributed by atoms with Gasteiger partial charge >= 0.3 is 6.09 Å². The van der Waals surface area contributed by atoms with Crippen molar-refractivity contribution < 1.29 is 9.53 Å². The molecule has 0 unspecified atom stereocenters. The number of aromatic amines is 1. The van der Waals surface area contributed by atoms with Crippen LogP contribution in [-0.2, 0) is 17.9 Å². The minimum Gasteiger partial charge on any atom is -0.445 e. The molecule has 5 heteroatoms. The van der Waals surface area contributed by atoms with E-state index < -0.39 is 6.09 Å². The third-order valence-electron chi connectivity index (χ3n) is 3.31. The number of rotatable bonds is 4. The summed E-state index contributed by atoms with van der Waals surface area (Å²) in [6, 6.07) is 15.5. The van der Waals surface area contributed by atoms with E-state index in [0.717, 1.165) is 28.0 Å². The van der Waals surface area contributed by atoms with Gasteiger partial charge in [0.05, 0.1) is 11.0 Å². The maximum Gasteiger partial charge on any atom is 0.407 e. The number of nitrogens with zero attached hydrogens (tertiary/aromatic N) is 1. The van der Waals surface area contributed by atoms with Gasteiger partial charge in [-0.1, -0.05) is 36.4 Å². The number of amides is 1. The Kier molecular flexibility index (Phi) is 4.05. The molecule has 0 spiro atoms. The normalized spacial score (nSPS) is 10.6. The molecule has 3 aromatic rings. The lowest BCUT2D eigenvalue weighted by Crippen LogP contribution is -2.23. The molecule has 0 saturated carbocycles. The van der Waals surface area contributed by atoms with Gasteiger partial charge in [0.15, 0.2) is 0 Å². The first-order valence-corrected chi connectivity index (χ1v) is 7.10. The Morgan fingerprint density at radius 3 is 2.82 bits per heavy atom. The van der Waals surface area contributed by atoms with Gasteiger partial charge in [-0.15, -0.1) is 0 Å². The number of aromatic nitrogens is 2. The van der Waals surface area contributed by atoms with Crippen molar-refractivity contribution in [1.29, 1.82) is 0 Å². The second-order valence-electron chi connectivity index (χ2n) is 5.09. The first-order chi connectivity index (χ1) is 10.7. The minimum atomic E-state index is -0.426. The van der Waals surface area contributed by atoms with Crippen LogP contribution in [0.25, 0.3) is 11.0 Å². The van der Waals surface area contributed by atoms with Gasteiger partial charge in [0.25, 0.3) is 0 Å². The molecule has 2 aromatic carbocycles. The van der Waals surface area contributed by atoms with Crippen molar-refractivity contribution in [3.05, 3.63) is 65.5 Å². The third-order valence-corrected chi connectivity index (χ3v) is 3.31. The van der Waals surface area contributed by atoms with Gasteiger partial charge in [0.1, 0.15) is 12.4 Å². The van der Waals surface area contributed by atoms with E-state index in [9.17, 15) is 4.79 Å². The molecule has 112 valence electrons. The minimum absolute atomic E-state index is 0.269. The van der Waals surface area contributed by atoms with Crippen LogP contribution in [0, 0.1) is 6.92 Å². The molecule has 0 fully saturated rings. The van der Waals surface area contributed by atoms with Crippen LogP contribution in [0.4, 0.5) is 4.79 Å². The molecule has 0 aliphatic carbocycles. The summed E-state index contributed by atoms with van der Waals surface area (Å²) in [4.78, 5) is 19.2. The van der Waals surface area contributed by atoms with Gasteiger partial charge in [-0.25, -0.2) is 9.78 Å². The Balaban J connectivity index is 1.53. The second kappa shape index (κ2) is 6.30. The average molecular weight is 295 g/mol. The lowest BCUT2D eigenvalue weighted by molar-refractivity contribution is 0.139. The molecular weight excluding hydrogens is 278 g/mol. The van der Waals surface area contributed by atoms with Crippen LogP contribution in [0.2, 0.25) is 0 Å². The van der Waals surface area contributed by atoms with E-state index in [1.807, 2.05) is 55.5 Å². The van der Waals surface area contributed by atoms with Gasteiger partial charge in [0.2, 0.25) is 0 Å². The predicted octanol–water partition coefficient (Wildman–Crippen LogP) is 3.30. The number of aryl methyl sites for hydroxylation is 1. The van der Waals surface area contributed by atoms with Gasteiger partial charge in [-0.05, 0) is 30.2 Å². The topological polar surface area (TPSA) is 67.0 Å². The molecule has 0 atom stereocenters. The summed E-state index contributed by atoms with van der Waals surface area (Å²) in [6.07, 6.45) is -0.426. The number of benzene rings is 2. The van der Waals surface area contributed by atoms with Crippen LogP contribution in [0.3, 0.4) is 0 Å². The first kappa shape index (κ1) is 14.1. The summed E-state index contributed by atoms with van der Waals surface area (Å²) in [5.74, 6) is 0.877. The Bertz CT molecular complexity index is 781. The zero-order valence-corrected chi connectivity index (χ0v) is 12.3. The van der Waals surface area contributed by atoms with Crippen LogP contribution in [0.5, 0.6) is 0 Å². The predicted molar refractivity (Wildman–Crippen MR) is 84.3 cm³/mol. The fourth-order valence-corrected chi connectivity index (χ4v) is 2.24. The first-order valence-electron chi connectivity index (χ1n) is 7.10. The highest BCUT2D eigenvalue weighted by Gasteiger charge is 2.04. The molecule has 5 nitrogen and oxygen atoms in total. The van der Waals surface area contributed by atoms with Crippen LogP contribution >= 0.6 is 0 Å². The molecule has 3 rings (SSSR count). The molecule has 22 heavy (non-hydrogen) atoms. The maximum absolute atomic E-state index is 11.7. The molecule has 0 bridgehead atoms. The summed E-state index contributed by atoms with van der Waals surface area (Å²) >= 11 is 0. The van der Waals surface area contributed by atoms with Crippen LogP contribution in [0.15, 0.2) is 48.5 Å². The fraction of sp³-hybridized carbons (Fsp3) is 0.176. The van der Waals surface area contributed by atoms with E-state index in [1.165, 1.54) is 0 Å². The molecule has 1 amide bonds. The molecule has 2 N–H and O–H groups in total. The quantitative estimate of drug-likeness (QED) is 0.776. The second-order valence-corrected chi connectivity index (χ2v) is 5.09. The third kappa shape index (κ3) is 3.44. The Labute approximate surface area is 128 Å². The van der Waals surface area contributed by atoms with Crippen molar-refractivity contribution >= 4 is 17.1 Å². The number of ether oxygens (including phenoxy) is 1. The zero-order chi connectivity index (χ0) is 15.4. The highest BCUT2D eigenvalue weighted by Crippen LogP contribution is 2.13. The van der Waals surface area contributed by atoms with E-state index in [2.05, 4.69) is 15.3 Å². The number of H-pyrrole nitrogens is 1. The van der Waals surface area contributed by atoms with Crippen molar-refractivity contribution in [2.45, 2.75) is 20.1 Å². The van der Waals surface area contributed by atoms with Crippen molar-refractivity contribution in [1.82, 2.24) is 15.3 Å². The van der Waals surface area contributed by atoms with Gasteiger partial charge < -0.3 is 15.0 Å². The number of carbonyl (C=O) groups is 1. The number of hydrogen-bond acceptors (Lipinski definition) is 3. The number of fused-ring (bicyclic) bond motifs is 1. The lowest BCUT2D eigenvalue weighted by Gasteiger charge is -2.07. The summed E-state index contributed by atoms with van der Waals surface area (Å²) in [6.45, 7) is 2.60. The largest absolute Gasteiger partial charge is 0.445 e. The summed E-state index contributed by atoms with van der Waals surface area (Å²) in [5, 5.41) is 2.75. The van der Waals surface area contributed by atoms with E-state index in [1.54, 1.807) is 0 Å². The molecule has 0 radical (unpaired) electrons. The maximum atomic E-state index is 11.7. The van der Waals surface area contributed by atoms with Crippen molar-refractivity contribution in [2.24, 2.45) is 0 Å². The zero-order valence-electron chi connectivity index (χ0n) is 12.3. The van der Waals surface area contributed by atoms with Crippen LogP contribution < -0.4 is 5.32 Å². The fourth-order valence-electron chi connectivity index (χ4n) is 2.24. The summed E-state index contributed by atoms with van der Waals surface area (Å²) in [5.41, 5.74) is 3.85. The Morgan fingerprint density at radius 1 is 1.18 bits per heavy atom. The SMILES string of the molecule is Cc1nc2ccc(CNC(=O)OCc3ccccc3)cc2[nH]1. The molecular formula is C17H17N3O2. The average Bonchev–Trinajstić information content (AvgIpc) is 2.91.